The first kappa shape index (κ1) is 26.9. The van der Waals surface area contributed by atoms with Gasteiger partial charge in [0.15, 0.2) is 0 Å². The quantitative estimate of drug-likeness (QED) is 0.434. The van der Waals surface area contributed by atoms with E-state index < -0.39 is 17.8 Å². The molecule has 0 saturated carbocycles. The van der Waals surface area contributed by atoms with Crippen molar-refractivity contribution in [2.24, 2.45) is 11.8 Å². The molecule has 0 spiro atoms. The lowest BCUT2D eigenvalue weighted by Crippen LogP contribution is -2.42. The summed E-state index contributed by atoms with van der Waals surface area (Å²) in [6, 6.07) is 12.5. The number of pyridine rings is 1. The highest BCUT2D eigenvalue weighted by molar-refractivity contribution is 5.83. The number of aliphatic hydroxyl groups is 2. The van der Waals surface area contributed by atoms with Crippen LogP contribution in [0.5, 0.6) is 5.75 Å². The summed E-state index contributed by atoms with van der Waals surface area (Å²) in [5.74, 6) is 6.82. The van der Waals surface area contributed by atoms with Crippen LogP contribution in [0.3, 0.4) is 0 Å². The summed E-state index contributed by atoms with van der Waals surface area (Å²) in [7, 11) is 1.60. The largest absolute Gasteiger partial charge is 0.497 e. The fraction of sp³-hybridized carbons (Fsp3) is 0.414. The second-order valence-electron chi connectivity index (χ2n) is 9.48. The first-order chi connectivity index (χ1) is 17.8. The van der Waals surface area contributed by atoms with E-state index in [-0.39, 0.29) is 18.4 Å². The minimum atomic E-state index is -4.39. The van der Waals surface area contributed by atoms with E-state index in [1.54, 1.807) is 19.4 Å². The predicted molar refractivity (Wildman–Crippen MR) is 136 cm³/mol. The minimum Gasteiger partial charge on any atom is -0.497 e. The molecule has 8 heteroatoms. The number of fused-ring (bicyclic) bond motifs is 1. The van der Waals surface area contributed by atoms with Crippen LogP contribution < -0.4 is 4.74 Å². The van der Waals surface area contributed by atoms with Crippen LogP contribution in [0.4, 0.5) is 13.2 Å². The molecule has 0 unspecified atom stereocenters. The first-order valence-corrected chi connectivity index (χ1v) is 12.4. The van der Waals surface area contributed by atoms with E-state index in [2.05, 4.69) is 21.7 Å². The predicted octanol–water partition coefficient (Wildman–Crippen LogP) is 5.06. The summed E-state index contributed by atoms with van der Waals surface area (Å²) in [5, 5.41) is 21.9. The Morgan fingerprint density at radius 2 is 2.00 bits per heavy atom. The van der Waals surface area contributed by atoms with Gasteiger partial charge in [-0.3, -0.25) is 9.88 Å². The maximum atomic E-state index is 12.9. The molecule has 1 fully saturated rings. The molecule has 2 N–H and O–H groups in total. The van der Waals surface area contributed by atoms with Gasteiger partial charge in [-0.15, -0.1) is 0 Å². The Morgan fingerprint density at radius 1 is 1.16 bits per heavy atom. The number of hydrogen-bond acceptors (Lipinski definition) is 5. The molecule has 5 nitrogen and oxygen atoms in total. The molecule has 0 bridgehead atoms. The molecule has 1 aromatic heterocycles. The van der Waals surface area contributed by atoms with Gasteiger partial charge in [0.05, 0.1) is 30.8 Å². The summed E-state index contributed by atoms with van der Waals surface area (Å²) in [6.45, 7) is 1.90. The number of benzene rings is 2. The third kappa shape index (κ3) is 6.80. The van der Waals surface area contributed by atoms with Crippen LogP contribution >= 0.6 is 0 Å². The average Bonchev–Trinajstić information content (AvgIpc) is 2.91. The Kier molecular flexibility index (Phi) is 8.70. The number of methoxy groups -OCH3 is 1. The zero-order valence-electron chi connectivity index (χ0n) is 20.7. The van der Waals surface area contributed by atoms with Crippen molar-refractivity contribution in [2.75, 3.05) is 33.4 Å². The number of nitrogens with zero attached hydrogens (tertiary/aromatic N) is 2. The van der Waals surface area contributed by atoms with Gasteiger partial charge in [0.2, 0.25) is 0 Å². The van der Waals surface area contributed by atoms with Crippen LogP contribution in [-0.4, -0.2) is 53.4 Å². The number of aromatic nitrogens is 1. The minimum absolute atomic E-state index is 0.0354. The van der Waals surface area contributed by atoms with Crippen LogP contribution in [0.2, 0.25) is 0 Å². The van der Waals surface area contributed by atoms with Crippen LogP contribution in [0.25, 0.3) is 10.9 Å². The standard InChI is InChI=1S/C29H31F3N2O3/c1-37-24-8-9-27-26(17-24)25(11-13-33-27)28(36)10-7-21-12-15-34(18-22(21)19-35)14-3-5-20-4-2-6-23(16-20)29(30,31)32/h2,4,6,8-9,11,13,16-17,21-22,28,35-36H,7,10,12,14-15,18-19H2,1H3/t21-,22-,28+/m1/s1. The fourth-order valence-corrected chi connectivity index (χ4v) is 5.00. The Labute approximate surface area is 214 Å². The molecule has 1 aliphatic rings. The molecule has 2 aromatic carbocycles. The Morgan fingerprint density at radius 3 is 2.76 bits per heavy atom. The van der Waals surface area contributed by atoms with E-state index in [0.29, 0.717) is 30.8 Å². The van der Waals surface area contributed by atoms with Gasteiger partial charge in [0.1, 0.15) is 5.75 Å². The number of halogens is 3. The third-order valence-electron chi connectivity index (χ3n) is 7.09. The van der Waals surface area contributed by atoms with Gasteiger partial charge in [-0.25, -0.2) is 0 Å². The van der Waals surface area contributed by atoms with Crippen molar-refractivity contribution < 1.29 is 28.1 Å². The Balaban J connectivity index is 1.33. The van der Waals surface area contributed by atoms with Gasteiger partial charge in [-0.2, -0.15) is 13.2 Å². The van der Waals surface area contributed by atoms with Gasteiger partial charge >= 0.3 is 6.18 Å². The van der Waals surface area contributed by atoms with Crippen molar-refractivity contribution in [3.05, 3.63) is 71.4 Å². The zero-order chi connectivity index (χ0) is 26.4. The summed E-state index contributed by atoms with van der Waals surface area (Å²) in [4.78, 5) is 6.50. The van der Waals surface area contributed by atoms with Crippen molar-refractivity contribution in [3.8, 4) is 17.6 Å². The summed E-state index contributed by atoms with van der Waals surface area (Å²) in [6.07, 6.45) is -1.17. The van der Waals surface area contributed by atoms with E-state index in [1.807, 2.05) is 24.3 Å². The number of likely N-dealkylation sites (tertiary alicyclic amines) is 1. The second-order valence-corrected chi connectivity index (χ2v) is 9.48. The van der Waals surface area contributed by atoms with Gasteiger partial charge in [0, 0.05) is 30.3 Å². The molecule has 3 aromatic rings. The molecular formula is C29H31F3N2O3. The second kappa shape index (κ2) is 12.0. The van der Waals surface area contributed by atoms with Gasteiger partial charge in [-0.1, -0.05) is 17.9 Å². The first-order valence-electron chi connectivity index (χ1n) is 12.4. The summed E-state index contributed by atoms with van der Waals surface area (Å²) in [5.41, 5.74) is 1.23. The molecule has 1 aliphatic heterocycles. The molecule has 196 valence electrons. The van der Waals surface area contributed by atoms with Gasteiger partial charge in [-0.05, 0) is 85.7 Å². The molecule has 0 aliphatic carbocycles. The zero-order valence-corrected chi connectivity index (χ0v) is 20.7. The van der Waals surface area contributed by atoms with E-state index >= 15 is 0 Å². The van der Waals surface area contributed by atoms with Crippen LogP contribution in [0.15, 0.2) is 54.7 Å². The van der Waals surface area contributed by atoms with Crippen molar-refractivity contribution in [2.45, 2.75) is 31.5 Å². The summed E-state index contributed by atoms with van der Waals surface area (Å²) >= 11 is 0. The van der Waals surface area contributed by atoms with Crippen LogP contribution in [0.1, 0.15) is 42.1 Å². The number of hydrogen-bond donors (Lipinski definition) is 2. The van der Waals surface area contributed by atoms with Crippen molar-refractivity contribution in [1.82, 2.24) is 9.88 Å². The molecule has 3 atom stereocenters. The SMILES string of the molecule is COc1ccc2nccc([C@@H](O)CC[C@@H]3CCN(CC#Cc4cccc(C(F)(F)F)c4)C[C@@H]3CO)c2c1. The van der Waals surface area contributed by atoms with E-state index in [4.69, 9.17) is 4.74 Å². The lowest BCUT2D eigenvalue weighted by atomic mass is 9.81. The molecule has 37 heavy (non-hydrogen) atoms. The number of rotatable bonds is 7. The number of aliphatic hydroxyl groups excluding tert-OH is 2. The Bertz CT molecular complexity index is 1270. The summed E-state index contributed by atoms with van der Waals surface area (Å²) < 4.78 is 44.0. The number of ether oxygens (including phenoxy) is 1. The topological polar surface area (TPSA) is 65.8 Å². The van der Waals surface area contributed by atoms with Gasteiger partial charge in [0.25, 0.3) is 0 Å². The fourth-order valence-electron chi connectivity index (χ4n) is 5.00. The molecule has 2 heterocycles. The highest BCUT2D eigenvalue weighted by Crippen LogP contribution is 2.33. The molecule has 0 radical (unpaired) electrons. The molecule has 1 saturated heterocycles. The Hall–Kier alpha value is -3.12. The normalized spacial score (nSPS) is 19.3. The molecule has 0 amide bonds. The van der Waals surface area contributed by atoms with Crippen molar-refractivity contribution >= 4 is 10.9 Å². The average molecular weight is 513 g/mol. The van der Waals surface area contributed by atoms with E-state index in [0.717, 1.165) is 48.0 Å². The van der Waals surface area contributed by atoms with E-state index in [1.165, 1.54) is 6.07 Å². The maximum absolute atomic E-state index is 12.9. The lowest BCUT2D eigenvalue weighted by Gasteiger charge is -2.37. The highest BCUT2D eigenvalue weighted by Gasteiger charge is 2.30. The monoisotopic (exact) mass is 512 g/mol. The maximum Gasteiger partial charge on any atom is 0.416 e. The van der Waals surface area contributed by atoms with Crippen LogP contribution in [0, 0.1) is 23.7 Å². The van der Waals surface area contributed by atoms with Crippen molar-refractivity contribution in [1.29, 1.82) is 0 Å². The molecule has 4 rings (SSSR count). The third-order valence-corrected chi connectivity index (χ3v) is 7.09. The van der Waals surface area contributed by atoms with Crippen LogP contribution in [-0.2, 0) is 6.18 Å². The highest BCUT2D eigenvalue weighted by atomic mass is 19.4. The number of piperidine rings is 1. The number of alkyl halides is 3. The van der Waals surface area contributed by atoms with Gasteiger partial charge < -0.3 is 14.9 Å². The lowest BCUT2D eigenvalue weighted by molar-refractivity contribution is -0.137. The smallest absolute Gasteiger partial charge is 0.416 e. The van der Waals surface area contributed by atoms with Crippen molar-refractivity contribution in [3.63, 3.8) is 0 Å². The van der Waals surface area contributed by atoms with E-state index in [9.17, 15) is 23.4 Å². The molecular weight excluding hydrogens is 481 g/mol.